The smallest absolute Gasteiger partial charge is 0.416 e. The summed E-state index contributed by atoms with van der Waals surface area (Å²) < 4.78 is 43.3. The highest BCUT2D eigenvalue weighted by Crippen LogP contribution is 2.29. The van der Waals surface area contributed by atoms with E-state index in [1.807, 2.05) is 19.1 Å². The summed E-state index contributed by atoms with van der Waals surface area (Å²) in [6, 6.07) is 11.8. The van der Waals surface area contributed by atoms with E-state index in [0.717, 1.165) is 24.1 Å². The third-order valence-electron chi connectivity index (χ3n) is 3.75. The number of benzene rings is 2. The van der Waals surface area contributed by atoms with Gasteiger partial charge in [-0.2, -0.15) is 13.2 Å². The van der Waals surface area contributed by atoms with Crippen LogP contribution in [0, 0.1) is 0 Å². The molecule has 0 aliphatic heterocycles. The Bertz CT molecular complexity index is 694. The van der Waals surface area contributed by atoms with Gasteiger partial charge >= 0.3 is 6.18 Å². The number of ether oxygens (including phenoxy) is 1. The van der Waals surface area contributed by atoms with Crippen LogP contribution in [0.3, 0.4) is 0 Å². The number of aryl methyl sites for hydroxylation is 1. The van der Waals surface area contributed by atoms with Gasteiger partial charge in [0.05, 0.1) is 5.56 Å². The predicted octanol–water partition coefficient (Wildman–Crippen LogP) is 5.06. The van der Waals surface area contributed by atoms with Crippen molar-refractivity contribution in [3.8, 4) is 5.75 Å². The molecule has 134 valence electrons. The number of hydrogen-bond acceptors (Lipinski definition) is 2. The number of hydrogen-bond donors (Lipinski definition) is 1. The van der Waals surface area contributed by atoms with Crippen molar-refractivity contribution in [3.05, 3.63) is 59.7 Å². The van der Waals surface area contributed by atoms with Crippen molar-refractivity contribution in [2.75, 3.05) is 5.32 Å². The number of rotatable bonds is 6. The average molecular weight is 351 g/mol. The average Bonchev–Trinajstić information content (AvgIpc) is 2.59. The lowest BCUT2D eigenvalue weighted by Crippen LogP contribution is -2.32. The van der Waals surface area contributed by atoms with E-state index in [-0.39, 0.29) is 0 Å². The summed E-state index contributed by atoms with van der Waals surface area (Å²) in [6.07, 6.45) is -3.79. The van der Waals surface area contributed by atoms with Gasteiger partial charge in [0.2, 0.25) is 0 Å². The second-order valence-corrected chi connectivity index (χ2v) is 5.58. The van der Waals surface area contributed by atoms with Crippen molar-refractivity contribution in [1.82, 2.24) is 0 Å². The number of carbonyl (C=O) groups excluding carboxylic acids is 1. The fraction of sp³-hybridized carbons (Fsp3) is 0.316. The summed E-state index contributed by atoms with van der Waals surface area (Å²) in [5.74, 6) is 0.174. The van der Waals surface area contributed by atoms with Gasteiger partial charge in [0.25, 0.3) is 5.91 Å². The molecular weight excluding hydrogens is 331 g/mol. The van der Waals surface area contributed by atoms with Crippen molar-refractivity contribution in [2.45, 2.75) is 39.0 Å². The van der Waals surface area contributed by atoms with Gasteiger partial charge in [0, 0.05) is 5.69 Å². The van der Waals surface area contributed by atoms with Gasteiger partial charge in [0.1, 0.15) is 5.75 Å². The van der Waals surface area contributed by atoms with E-state index in [2.05, 4.69) is 5.32 Å². The number of alkyl halides is 3. The topological polar surface area (TPSA) is 38.3 Å². The van der Waals surface area contributed by atoms with Crippen LogP contribution < -0.4 is 10.1 Å². The van der Waals surface area contributed by atoms with E-state index in [0.29, 0.717) is 17.9 Å². The normalized spacial score (nSPS) is 12.5. The van der Waals surface area contributed by atoms with E-state index in [9.17, 15) is 18.0 Å². The fourth-order valence-electron chi connectivity index (χ4n) is 2.26. The Morgan fingerprint density at radius 3 is 2.12 bits per heavy atom. The van der Waals surface area contributed by atoms with Crippen LogP contribution in [-0.4, -0.2) is 12.0 Å². The minimum atomic E-state index is -4.40. The third kappa shape index (κ3) is 5.24. The SMILES string of the molecule is CCc1ccc(O[C@H](CC)C(=O)Nc2ccc(C(F)(F)F)cc2)cc1. The Hall–Kier alpha value is -2.50. The van der Waals surface area contributed by atoms with Crippen LogP contribution in [0.4, 0.5) is 18.9 Å². The van der Waals surface area contributed by atoms with Crippen LogP contribution in [0.1, 0.15) is 31.4 Å². The van der Waals surface area contributed by atoms with Gasteiger partial charge in [-0.1, -0.05) is 26.0 Å². The number of anilines is 1. The van der Waals surface area contributed by atoms with E-state index in [1.54, 1.807) is 19.1 Å². The highest BCUT2D eigenvalue weighted by Gasteiger charge is 2.30. The summed E-state index contributed by atoms with van der Waals surface area (Å²) in [5, 5.41) is 2.58. The lowest BCUT2D eigenvalue weighted by molar-refractivity contribution is -0.137. The fourth-order valence-corrected chi connectivity index (χ4v) is 2.26. The summed E-state index contributed by atoms with van der Waals surface area (Å²) >= 11 is 0. The summed E-state index contributed by atoms with van der Waals surface area (Å²) in [4.78, 5) is 12.3. The molecule has 0 unspecified atom stereocenters. The molecule has 0 saturated heterocycles. The van der Waals surface area contributed by atoms with Gasteiger partial charge in [-0.05, 0) is 54.8 Å². The third-order valence-corrected chi connectivity index (χ3v) is 3.75. The zero-order chi connectivity index (χ0) is 18.4. The standard InChI is InChI=1S/C19H20F3NO2/c1-3-13-5-11-16(12-6-13)25-17(4-2)18(24)23-15-9-7-14(8-10-15)19(20,21)22/h5-12,17H,3-4H2,1-2H3,(H,23,24)/t17-/m1/s1. The zero-order valence-electron chi connectivity index (χ0n) is 14.1. The maximum atomic E-state index is 12.6. The first kappa shape index (κ1) is 18.8. The maximum Gasteiger partial charge on any atom is 0.416 e. The van der Waals surface area contributed by atoms with Crippen molar-refractivity contribution < 1.29 is 22.7 Å². The Morgan fingerprint density at radius 2 is 1.64 bits per heavy atom. The first-order valence-corrected chi connectivity index (χ1v) is 8.07. The number of nitrogens with one attached hydrogen (secondary N) is 1. The Kier molecular flexibility index (Phi) is 6.07. The molecule has 0 aliphatic rings. The van der Waals surface area contributed by atoms with Gasteiger partial charge in [-0.15, -0.1) is 0 Å². The molecule has 0 aromatic heterocycles. The van der Waals surface area contributed by atoms with Crippen molar-refractivity contribution >= 4 is 11.6 Å². The van der Waals surface area contributed by atoms with Crippen LogP contribution >= 0.6 is 0 Å². The molecule has 0 aliphatic carbocycles. The summed E-state index contributed by atoms with van der Waals surface area (Å²) in [6.45, 7) is 3.85. The first-order valence-electron chi connectivity index (χ1n) is 8.07. The van der Waals surface area contributed by atoms with E-state index >= 15 is 0 Å². The Morgan fingerprint density at radius 1 is 1.04 bits per heavy atom. The largest absolute Gasteiger partial charge is 0.481 e. The minimum absolute atomic E-state index is 0.293. The lowest BCUT2D eigenvalue weighted by atomic mass is 10.1. The second kappa shape index (κ2) is 8.05. The number of halogens is 3. The van der Waals surface area contributed by atoms with Crippen molar-refractivity contribution in [2.24, 2.45) is 0 Å². The van der Waals surface area contributed by atoms with Crippen molar-refractivity contribution in [1.29, 1.82) is 0 Å². The monoisotopic (exact) mass is 351 g/mol. The van der Waals surface area contributed by atoms with Crippen LogP contribution in [0.5, 0.6) is 5.75 Å². The number of carbonyl (C=O) groups is 1. The van der Waals surface area contributed by atoms with Crippen LogP contribution in [0.2, 0.25) is 0 Å². The molecule has 0 radical (unpaired) electrons. The highest BCUT2D eigenvalue weighted by molar-refractivity contribution is 5.94. The predicted molar refractivity (Wildman–Crippen MR) is 90.6 cm³/mol. The second-order valence-electron chi connectivity index (χ2n) is 5.58. The number of amides is 1. The molecule has 2 aromatic rings. The molecule has 0 spiro atoms. The molecule has 2 rings (SSSR count). The zero-order valence-corrected chi connectivity index (χ0v) is 14.1. The maximum absolute atomic E-state index is 12.6. The van der Waals surface area contributed by atoms with Gasteiger partial charge in [0.15, 0.2) is 6.10 Å². The summed E-state index contributed by atoms with van der Waals surface area (Å²) in [5.41, 5.74) is 0.695. The summed E-state index contributed by atoms with van der Waals surface area (Å²) in [7, 11) is 0. The molecule has 1 atom stereocenters. The first-order chi connectivity index (χ1) is 11.8. The molecule has 1 amide bonds. The van der Waals surface area contributed by atoms with Crippen LogP contribution in [-0.2, 0) is 17.4 Å². The Balaban J connectivity index is 2.01. The van der Waals surface area contributed by atoms with Gasteiger partial charge in [-0.25, -0.2) is 0 Å². The Labute approximate surface area is 144 Å². The molecule has 0 heterocycles. The van der Waals surface area contributed by atoms with Crippen LogP contribution in [0.25, 0.3) is 0 Å². The van der Waals surface area contributed by atoms with Crippen molar-refractivity contribution in [3.63, 3.8) is 0 Å². The molecule has 0 saturated carbocycles. The van der Waals surface area contributed by atoms with Gasteiger partial charge < -0.3 is 10.1 Å². The molecule has 2 aromatic carbocycles. The molecule has 0 bridgehead atoms. The quantitative estimate of drug-likeness (QED) is 0.790. The van der Waals surface area contributed by atoms with Gasteiger partial charge in [-0.3, -0.25) is 4.79 Å². The highest BCUT2D eigenvalue weighted by atomic mass is 19.4. The molecule has 3 nitrogen and oxygen atoms in total. The lowest BCUT2D eigenvalue weighted by Gasteiger charge is -2.18. The van der Waals surface area contributed by atoms with E-state index in [4.69, 9.17) is 4.74 Å². The molecule has 1 N–H and O–H groups in total. The van der Waals surface area contributed by atoms with E-state index < -0.39 is 23.8 Å². The molecule has 6 heteroatoms. The van der Waals surface area contributed by atoms with Crippen LogP contribution in [0.15, 0.2) is 48.5 Å². The molecule has 0 fully saturated rings. The van der Waals surface area contributed by atoms with E-state index in [1.165, 1.54) is 12.1 Å². The molecule has 25 heavy (non-hydrogen) atoms. The minimum Gasteiger partial charge on any atom is -0.481 e. The molecular formula is C19H20F3NO2.